The summed E-state index contributed by atoms with van der Waals surface area (Å²) in [6, 6.07) is 2.75. The van der Waals surface area contributed by atoms with E-state index in [1.807, 2.05) is 0 Å². The molecule has 0 atom stereocenters. The molecule has 0 aromatic carbocycles. The molecule has 0 aliphatic heterocycles. The van der Waals surface area contributed by atoms with Gasteiger partial charge >= 0.3 is 11.9 Å². The van der Waals surface area contributed by atoms with E-state index in [1.54, 1.807) is 0 Å². The molecule has 26 heavy (non-hydrogen) atoms. The van der Waals surface area contributed by atoms with Crippen molar-refractivity contribution in [2.24, 2.45) is 0 Å². The largest absolute Gasteiger partial charge is 0.465 e. The van der Waals surface area contributed by atoms with E-state index in [4.69, 9.17) is 28.3 Å². The number of ether oxygens (including phenoxy) is 2. The zero-order valence-corrected chi connectivity index (χ0v) is 15.2. The van der Waals surface area contributed by atoms with Crippen LogP contribution in [-0.2, 0) is 16.1 Å². The number of nitrogens with zero attached hydrogens (tertiary/aromatic N) is 2. The van der Waals surface area contributed by atoms with Crippen LogP contribution in [-0.4, -0.2) is 47.5 Å². The summed E-state index contributed by atoms with van der Waals surface area (Å²) in [4.78, 5) is 39.7. The van der Waals surface area contributed by atoms with Gasteiger partial charge in [-0.15, -0.1) is 0 Å². The summed E-state index contributed by atoms with van der Waals surface area (Å²) in [5.74, 6) is -1.04. The Bertz CT molecular complexity index is 813. The Labute approximate surface area is 158 Å². The van der Waals surface area contributed by atoms with E-state index in [9.17, 15) is 14.4 Å². The van der Waals surface area contributed by atoms with E-state index in [-0.39, 0.29) is 33.5 Å². The first-order valence-electron chi connectivity index (χ1n) is 6.90. The van der Waals surface area contributed by atoms with Gasteiger partial charge < -0.3 is 14.6 Å². The van der Waals surface area contributed by atoms with E-state index in [0.717, 1.165) is 0 Å². The van der Waals surface area contributed by atoms with Gasteiger partial charge in [0, 0.05) is 12.4 Å². The van der Waals surface area contributed by atoms with Gasteiger partial charge in [0.1, 0.15) is 5.69 Å². The zero-order valence-electron chi connectivity index (χ0n) is 13.7. The van der Waals surface area contributed by atoms with Gasteiger partial charge in [-0.05, 0) is 12.1 Å². The van der Waals surface area contributed by atoms with E-state index in [1.165, 1.54) is 38.7 Å². The molecule has 0 fully saturated rings. The van der Waals surface area contributed by atoms with Gasteiger partial charge in [0.15, 0.2) is 6.29 Å². The number of aldehydes is 1. The molecule has 2 rings (SSSR count). The maximum atomic E-state index is 11.0. The molecular weight excluding hydrogens is 387 g/mol. The SMILES string of the molecule is COC(=O)c1cnc(C=O)c(Cl)c1.COC(=O)c1cnc(CO)c(Cl)c1. The molecule has 0 saturated carbocycles. The summed E-state index contributed by atoms with van der Waals surface area (Å²) >= 11 is 11.3. The lowest BCUT2D eigenvalue weighted by atomic mass is 10.2. The Balaban J connectivity index is 0.000000260. The average Bonchev–Trinajstić information content (AvgIpc) is 2.67. The number of hydrogen-bond donors (Lipinski definition) is 1. The lowest BCUT2D eigenvalue weighted by molar-refractivity contribution is 0.0591. The predicted molar refractivity (Wildman–Crippen MR) is 92.5 cm³/mol. The summed E-state index contributed by atoms with van der Waals surface area (Å²) < 4.78 is 8.90. The van der Waals surface area contributed by atoms with Gasteiger partial charge in [-0.1, -0.05) is 23.2 Å². The second-order valence-electron chi connectivity index (χ2n) is 4.50. The first kappa shape index (κ1) is 21.5. The van der Waals surface area contributed by atoms with Gasteiger partial charge in [-0.3, -0.25) is 14.8 Å². The van der Waals surface area contributed by atoms with Crippen molar-refractivity contribution in [2.45, 2.75) is 6.61 Å². The van der Waals surface area contributed by atoms with Gasteiger partial charge in [-0.2, -0.15) is 0 Å². The highest BCUT2D eigenvalue weighted by atomic mass is 35.5. The maximum absolute atomic E-state index is 11.0. The van der Waals surface area contributed by atoms with E-state index in [2.05, 4.69) is 19.4 Å². The highest BCUT2D eigenvalue weighted by Gasteiger charge is 2.09. The van der Waals surface area contributed by atoms with Crippen molar-refractivity contribution in [3.63, 3.8) is 0 Å². The van der Waals surface area contributed by atoms with Crippen molar-refractivity contribution in [2.75, 3.05) is 14.2 Å². The standard InChI is InChI=1S/C8H8ClNO3.C8H6ClNO3/c2*1-13-8(12)5-2-6(9)7(4-11)10-3-5/h2-3,11H,4H2,1H3;2-4H,1H3. The summed E-state index contributed by atoms with van der Waals surface area (Å²) in [6.07, 6.45) is 3.06. The van der Waals surface area contributed by atoms with E-state index >= 15 is 0 Å². The first-order valence-corrected chi connectivity index (χ1v) is 7.66. The third kappa shape index (κ3) is 5.76. The number of aromatic nitrogens is 2. The molecule has 0 bridgehead atoms. The molecule has 2 heterocycles. The molecule has 0 unspecified atom stereocenters. The number of carbonyl (C=O) groups excluding carboxylic acids is 3. The minimum absolute atomic E-state index is 0.106. The normalized spacial score (nSPS) is 9.58. The predicted octanol–water partition coefficient (Wildman–Crippen LogP) is 2.35. The summed E-state index contributed by atoms with van der Waals surface area (Å²) in [6.45, 7) is -0.250. The maximum Gasteiger partial charge on any atom is 0.339 e. The molecule has 2 aromatic rings. The number of aliphatic hydroxyl groups is 1. The number of carbonyl (C=O) groups is 3. The molecule has 0 spiro atoms. The van der Waals surface area contributed by atoms with Crippen LogP contribution in [0.2, 0.25) is 10.0 Å². The van der Waals surface area contributed by atoms with Crippen LogP contribution in [0.15, 0.2) is 24.5 Å². The molecule has 0 radical (unpaired) electrons. The monoisotopic (exact) mass is 400 g/mol. The minimum Gasteiger partial charge on any atom is -0.465 e. The Morgan fingerprint density at radius 1 is 1.04 bits per heavy atom. The summed E-state index contributed by atoms with van der Waals surface area (Å²) in [5.41, 5.74) is 0.937. The molecule has 0 saturated heterocycles. The Morgan fingerprint density at radius 2 is 1.54 bits per heavy atom. The molecule has 1 N–H and O–H groups in total. The fourth-order valence-electron chi connectivity index (χ4n) is 1.58. The second-order valence-corrected chi connectivity index (χ2v) is 5.32. The van der Waals surface area contributed by atoms with Crippen molar-refractivity contribution < 1.29 is 29.0 Å². The van der Waals surface area contributed by atoms with Crippen molar-refractivity contribution in [1.82, 2.24) is 9.97 Å². The number of rotatable bonds is 4. The molecule has 0 aliphatic carbocycles. The van der Waals surface area contributed by atoms with Crippen LogP contribution in [0.4, 0.5) is 0 Å². The highest BCUT2D eigenvalue weighted by molar-refractivity contribution is 6.33. The van der Waals surface area contributed by atoms with Crippen LogP contribution in [0.25, 0.3) is 0 Å². The number of halogens is 2. The molecular formula is C16H14Cl2N2O6. The number of aliphatic hydroxyl groups excluding tert-OH is 1. The zero-order chi connectivity index (χ0) is 19.7. The van der Waals surface area contributed by atoms with Crippen LogP contribution >= 0.6 is 23.2 Å². The topological polar surface area (TPSA) is 116 Å². The average molecular weight is 401 g/mol. The molecule has 138 valence electrons. The number of esters is 2. The van der Waals surface area contributed by atoms with Crippen molar-refractivity contribution in [1.29, 1.82) is 0 Å². The van der Waals surface area contributed by atoms with Crippen LogP contribution in [0.3, 0.4) is 0 Å². The number of hydrogen-bond acceptors (Lipinski definition) is 8. The molecule has 0 aliphatic rings. The second kappa shape index (κ2) is 10.4. The quantitative estimate of drug-likeness (QED) is 0.613. The van der Waals surface area contributed by atoms with Crippen molar-refractivity contribution in [3.8, 4) is 0 Å². The fraction of sp³-hybridized carbons (Fsp3) is 0.188. The van der Waals surface area contributed by atoms with Gasteiger partial charge in [0.25, 0.3) is 0 Å². The molecule has 10 heteroatoms. The lowest BCUT2D eigenvalue weighted by Gasteiger charge is -2.01. The molecule has 0 amide bonds. The van der Waals surface area contributed by atoms with Crippen LogP contribution < -0.4 is 0 Å². The minimum atomic E-state index is -0.535. The highest BCUT2D eigenvalue weighted by Crippen LogP contribution is 2.15. The molecule has 8 nitrogen and oxygen atoms in total. The van der Waals surface area contributed by atoms with Crippen LogP contribution in [0, 0.1) is 0 Å². The van der Waals surface area contributed by atoms with E-state index < -0.39 is 11.9 Å². The molecule has 2 aromatic heterocycles. The smallest absolute Gasteiger partial charge is 0.339 e. The van der Waals surface area contributed by atoms with Crippen LogP contribution in [0.1, 0.15) is 36.9 Å². The Kier molecular flexibility index (Phi) is 8.63. The number of methoxy groups -OCH3 is 2. The third-order valence-electron chi connectivity index (χ3n) is 2.89. The van der Waals surface area contributed by atoms with Gasteiger partial charge in [-0.25, -0.2) is 9.59 Å². The van der Waals surface area contributed by atoms with Gasteiger partial charge in [0.05, 0.1) is 47.7 Å². The van der Waals surface area contributed by atoms with Crippen molar-refractivity contribution >= 4 is 41.4 Å². The Morgan fingerprint density at radius 3 is 1.92 bits per heavy atom. The van der Waals surface area contributed by atoms with Gasteiger partial charge in [0.2, 0.25) is 0 Å². The lowest BCUT2D eigenvalue weighted by Crippen LogP contribution is -2.03. The van der Waals surface area contributed by atoms with E-state index in [0.29, 0.717) is 12.0 Å². The third-order valence-corrected chi connectivity index (χ3v) is 3.52. The van der Waals surface area contributed by atoms with Crippen LogP contribution in [0.5, 0.6) is 0 Å². The summed E-state index contributed by atoms with van der Waals surface area (Å²) in [5, 5.41) is 9.13. The van der Waals surface area contributed by atoms with Crippen molar-refractivity contribution in [3.05, 3.63) is 57.1 Å². The first-order chi connectivity index (χ1) is 12.4. The Hall–Kier alpha value is -2.55. The number of pyridine rings is 2. The summed E-state index contributed by atoms with van der Waals surface area (Å²) in [7, 11) is 2.53. The fourth-order valence-corrected chi connectivity index (χ4v) is 2.01.